The Morgan fingerprint density at radius 3 is 2.19 bits per heavy atom. The van der Waals surface area contributed by atoms with Crippen molar-refractivity contribution in [3.8, 4) is 0 Å². The van der Waals surface area contributed by atoms with Gasteiger partial charge in [-0.3, -0.25) is 4.79 Å². The fourth-order valence-corrected chi connectivity index (χ4v) is 3.09. The van der Waals surface area contributed by atoms with Gasteiger partial charge in [-0.05, 0) is 64.2 Å². The van der Waals surface area contributed by atoms with Crippen LogP contribution in [0.4, 0.5) is 4.79 Å². The topological polar surface area (TPSA) is 108 Å². The number of carboxylic acids is 1. The number of rotatable bonds is 7. The molecule has 7 nitrogen and oxygen atoms in total. The van der Waals surface area contributed by atoms with Crippen molar-refractivity contribution in [2.75, 3.05) is 6.54 Å². The number of carbonyl (C=O) groups excluding carboxylic acids is 3. The summed E-state index contributed by atoms with van der Waals surface area (Å²) in [6.07, 6.45) is 2.83. The smallest absolute Gasteiger partial charge is 0.408 e. The number of hydrogen-bond donors (Lipinski definition) is 2. The van der Waals surface area contributed by atoms with E-state index in [0.29, 0.717) is 19.4 Å². The van der Waals surface area contributed by atoms with Gasteiger partial charge in [-0.2, -0.15) is 0 Å². The van der Waals surface area contributed by atoms with Crippen LogP contribution in [0.1, 0.15) is 66.7 Å². The van der Waals surface area contributed by atoms with E-state index < -0.39 is 23.7 Å². The molecule has 1 aliphatic carbocycles. The second kappa shape index (κ2) is 9.78. The van der Waals surface area contributed by atoms with Crippen LogP contribution in [0.25, 0.3) is 0 Å². The predicted molar refractivity (Wildman–Crippen MR) is 96.1 cm³/mol. The van der Waals surface area contributed by atoms with Crippen molar-refractivity contribution in [3.63, 3.8) is 0 Å². The van der Waals surface area contributed by atoms with Gasteiger partial charge in [-0.15, -0.1) is 0 Å². The normalized spacial score (nSPS) is 22.8. The van der Waals surface area contributed by atoms with E-state index in [0.717, 1.165) is 19.3 Å². The summed E-state index contributed by atoms with van der Waals surface area (Å²) in [5.74, 6) is -1.35. The highest BCUT2D eigenvalue weighted by Gasteiger charge is 2.29. The van der Waals surface area contributed by atoms with Gasteiger partial charge in [0, 0.05) is 12.5 Å². The van der Waals surface area contributed by atoms with Gasteiger partial charge in [0.15, 0.2) is 0 Å². The third kappa shape index (κ3) is 7.62. The molecule has 0 aromatic heterocycles. The Morgan fingerprint density at radius 1 is 1.15 bits per heavy atom. The summed E-state index contributed by atoms with van der Waals surface area (Å²) in [5.41, 5.74) is -0.627. The molecule has 0 unspecified atom stereocenters. The van der Waals surface area contributed by atoms with Crippen molar-refractivity contribution in [3.05, 3.63) is 0 Å². The molecule has 1 aliphatic rings. The van der Waals surface area contributed by atoms with E-state index in [1.54, 1.807) is 20.8 Å². The lowest BCUT2D eigenvalue weighted by Gasteiger charge is -2.30. The first kappa shape index (κ1) is 22.3. The number of hydrogen-bond acceptors (Lipinski definition) is 5. The highest BCUT2D eigenvalue weighted by atomic mass is 16.6. The molecule has 2 N–H and O–H groups in total. The molecule has 0 spiro atoms. The Bertz CT molecular complexity index is 493. The number of carboxylic acid groups (broad SMARTS) is 1. The van der Waals surface area contributed by atoms with Gasteiger partial charge in [0.2, 0.25) is 5.91 Å². The van der Waals surface area contributed by atoms with Crippen molar-refractivity contribution in [2.45, 2.75) is 78.4 Å². The van der Waals surface area contributed by atoms with Crippen molar-refractivity contribution in [2.24, 2.45) is 17.8 Å². The molecule has 2 atom stereocenters. The molecule has 0 radical (unpaired) electrons. The SMILES string of the molecule is CC[C@H](C)[C@H](NC(=O)OC(C)(C)C)C(=O)NCC1CCC(C(=O)[O-])CC1. The first-order valence-electron chi connectivity index (χ1n) is 9.51. The Hall–Kier alpha value is -1.79. The zero-order chi connectivity index (χ0) is 19.9. The summed E-state index contributed by atoms with van der Waals surface area (Å²) < 4.78 is 5.25. The van der Waals surface area contributed by atoms with E-state index in [1.165, 1.54) is 0 Å². The molecule has 1 rings (SSSR count). The maximum Gasteiger partial charge on any atom is 0.408 e. The molecule has 1 saturated carbocycles. The third-order valence-corrected chi connectivity index (χ3v) is 4.91. The van der Waals surface area contributed by atoms with Crippen LogP contribution in [0.3, 0.4) is 0 Å². The second-order valence-electron chi connectivity index (χ2n) is 8.29. The predicted octanol–water partition coefficient (Wildman–Crippen LogP) is 1.60. The summed E-state index contributed by atoms with van der Waals surface area (Å²) >= 11 is 0. The number of carbonyl (C=O) groups is 3. The first-order chi connectivity index (χ1) is 12.0. The van der Waals surface area contributed by atoms with Crippen LogP contribution >= 0.6 is 0 Å². The number of ether oxygens (including phenoxy) is 1. The molecule has 0 bridgehead atoms. The van der Waals surface area contributed by atoms with Gasteiger partial charge in [-0.25, -0.2) is 4.79 Å². The number of aliphatic carboxylic acids is 1. The average Bonchev–Trinajstić information content (AvgIpc) is 2.55. The largest absolute Gasteiger partial charge is 0.550 e. The van der Waals surface area contributed by atoms with Crippen molar-refractivity contribution in [1.29, 1.82) is 0 Å². The molecule has 2 amide bonds. The average molecular weight is 369 g/mol. The van der Waals surface area contributed by atoms with Gasteiger partial charge in [-0.1, -0.05) is 20.3 Å². The zero-order valence-electron chi connectivity index (χ0n) is 16.6. The van der Waals surface area contributed by atoms with Crippen LogP contribution in [-0.2, 0) is 14.3 Å². The molecule has 150 valence electrons. The molecular weight excluding hydrogens is 336 g/mol. The van der Waals surface area contributed by atoms with Gasteiger partial charge in [0.05, 0.1) is 0 Å². The second-order valence-corrected chi connectivity index (χ2v) is 8.29. The minimum Gasteiger partial charge on any atom is -0.550 e. The van der Waals surface area contributed by atoms with Crippen LogP contribution < -0.4 is 15.7 Å². The van der Waals surface area contributed by atoms with E-state index in [1.807, 2.05) is 13.8 Å². The Balaban J connectivity index is 2.53. The maximum absolute atomic E-state index is 12.6. The summed E-state index contributed by atoms with van der Waals surface area (Å²) in [6, 6.07) is -0.658. The lowest BCUT2D eigenvalue weighted by Crippen LogP contribution is -2.52. The lowest BCUT2D eigenvalue weighted by atomic mass is 9.82. The van der Waals surface area contributed by atoms with E-state index in [2.05, 4.69) is 10.6 Å². The highest BCUT2D eigenvalue weighted by molar-refractivity contribution is 5.86. The molecule has 0 aliphatic heterocycles. The van der Waals surface area contributed by atoms with Crippen molar-refractivity contribution >= 4 is 18.0 Å². The summed E-state index contributed by atoms with van der Waals surface area (Å²) in [7, 11) is 0. The minimum atomic E-state index is -0.981. The van der Waals surface area contributed by atoms with E-state index in [4.69, 9.17) is 4.74 Å². The van der Waals surface area contributed by atoms with Crippen molar-refractivity contribution < 1.29 is 24.2 Å². The molecule has 7 heteroatoms. The molecule has 0 aromatic rings. The van der Waals surface area contributed by atoms with Crippen LogP contribution in [-0.4, -0.2) is 36.2 Å². The van der Waals surface area contributed by atoms with Crippen LogP contribution in [0.2, 0.25) is 0 Å². The van der Waals surface area contributed by atoms with Gasteiger partial charge in [0.25, 0.3) is 0 Å². The van der Waals surface area contributed by atoms with Crippen LogP contribution in [0.15, 0.2) is 0 Å². The zero-order valence-corrected chi connectivity index (χ0v) is 16.6. The Kier molecular flexibility index (Phi) is 8.37. The molecule has 0 saturated heterocycles. The fourth-order valence-electron chi connectivity index (χ4n) is 3.09. The highest BCUT2D eigenvalue weighted by Crippen LogP contribution is 2.28. The maximum atomic E-state index is 12.6. The van der Waals surface area contributed by atoms with Crippen molar-refractivity contribution in [1.82, 2.24) is 10.6 Å². The molecule has 0 aromatic carbocycles. The van der Waals surface area contributed by atoms with E-state index in [9.17, 15) is 19.5 Å². The quantitative estimate of drug-likeness (QED) is 0.709. The lowest BCUT2D eigenvalue weighted by molar-refractivity contribution is -0.312. The minimum absolute atomic E-state index is 0.0312. The van der Waals surface area contributed by atoms with E-state index >= 15 is 0 Å². The summed E-state index contributed by atoms with van der Waals surface area (Å²) in [4.78, 5) is 35.5. The van der Waals surface area contributed by atoms with Crippen LogP contribution in [0.5, 0.6) is 0 Å². The number of nitrogens with one attached hydrogen (secondary N) is 2. The standard InChI is InChI=1S/C19H34N2O5/c1-6-12(2)15(21-18(25)26-19(3,4)5)16(22)20-11-13-7-9-14(10-8-13)17(23)24/h12-15H,6-11H2,1-5H3,(H,20,22)(H,21,25)(H,23,24)/p-1/t12-,13?,14?,15-/m0/s1. The Morgan fingerprint density at radius 2 is 1.73 bits per heavy atom. The van der Waals surface area contributed by atoms with Crippen LogP contribution in [0, 0.1) is 17.8 Å². The number of alkyl carbamates (subject to hydrolysis) is 1. The Labute approximate surface area is 156 Å². The van der Waals surface area contributed by atoms with E-state index in [-0.39, 0.29) is 23.7 Å². The first-order valence-corrected chi connectivity index (χ1v) is 9.51. The molecule has 1 fully saturated rings. The molecule has 0 heterocycles. The van der Waals surface area contributed by atoms with Gasteiger partial charge >= 0.3 is 6.09 Å². The fraction of sp³-hybridized carbons (Fsp3) is 0.842. The van der Waals surface area contributed by atoms with Gasteiger partial charge in [0.1, 0.15) is 11.6 Å². The monoisotopic (exact) mass is 369 g/mol. The molecular formula is C19H33N2O5-. The molecule has 26 heavy (non-hydrogen) atoms. The third-order valence-electron chi connectivity index (χ3n) is 4.91. The summed E-state index contributed by atoms with van der Waals surface area (Å²) in [5, 5.41) is 16.5. The van der Waals surface area contributed by atoms with Gasteiger partial charge < -0.3 is 25.3 Å². The summed E-state index contributed by atoms with van der Waals surface area (Å²) in [6.45, 7) is 9.67. The number of amides is 2.